The lowest BCUT2D eigenvalue weighted by Crippen LogP contribution is -2.00. The molecule has 0 atom stereocenters. The maximum atomic E-state index is 14.8. The van der Waals surface area contributed by atoms with E-state index in [0.29, 0.717) is 17.7 Å². The molecule has 0 aliphatic rings. The summed E-state index contributed by atoms with van der Waals surface area (Å²) in [7, 11) is 1.84. The van der Waals surface area contributed by atoms with Gasteiger partial charge in [-0.05, 0) is 47.2 Å². The first-order valence-electron chi connectivity index (χ1n) is 8.81. The lowest BCUT2D eigenvalue weighted by atomic mass is 9.96. The van der Waals surface area contributed by atoms with Crippen molar-refractivity contribution < 1.29 is 9.18 Å². The molecule has 0 aliphatic heterocycles. The molecule has 0 bridgehead atoms. The number of fused-ring (bicyclic) bond motifs is 1. The predicted octanol–water partition coefficient (Wildman–Crippen LogP) is 4.42. The predicted molar refractivity (Wildman–Crippen MR) is 102 cm³/mol. The summed E-state index contributed by atoms with van der Waals surface area (Å²) < 4.78 is 16.5. The Hall–Kier alpha value is -2.76. The highest BCUT2D eigenvalue weighted by atomic mass is 19.1. The van der Waals surface area contributed by atoms with Crippen molar-refractivity contribution in [3.8, 4) is 11.1 Å². The number of rotatable bonds is 6. The highest BCUT2D eigenvalue weighted by Crippen LogP contribution is 2.34. The third-order valence-electron chi connectivity index (χ3n) is 4.51. The van der Waals surface area contributed by atoms with E-state index in [1.807, 2.05) is 13.1 Å². The molecule has 0 fully saturated rings. The maximum absolute atomic E-state index is 14.8. The highest BCUT2D eigenvalue weighted by molar-refractivity contribution is 5.89. The number of nitrogens with zero attached hydrogens (tertiary/aromatic N) is 3. The third kappa shape index (κ3) is 3.19. The lowest BCUT2D eigenvalue weighted by Gasteiger charge is -2.12. The molecule has 5 nitrogen and oxygen atoms in total. The van der Waals surface area contributed by atoms with Gasteiger partial charge in [-0.2, -0.15) is 5.10 Å². The Bertz CT molecular complexity index is 962. The number of carbonyl (C=O) groups is 1. The lowest BCUT2D eigenvalue weighted by molar-refractivity contribution is -0.105. The molecule has 3 aromatic rings. The zero-order chi connectivity index (χ0) is 18.8. The summed E-state index contributed by atoms with van der Waals surface area (Å²) in [4.78, 5) is 15.0. The van der Waals surface area contributed by atoms with E-state index in [-0.39, 0.29) is 11.7 Å². The van der Waals surface area contributed by atoms with Crippen LogP contribution in [0.1, 0.15) is 44.4 Å². The molecule has 136 valence electrons. The second kappa shape index (κ2) is 7.23. The van der Waals surface area contributed by atoms with Crippen LogP contribution in [0.3, 0.4) is 0 Å². The number of hydrogen-bond donors (Lipinski definition) is 1. The first-order valence-corrected chi connectivity index (χ1v) is 8.81. The Morgan fingerprint density at radius 1 is 1.31 bits per heavy atom. The van der Waals surface area contributed by atoms with E-state index in [1.54, 1.807) is 16.9 Å². The highest BCUT2D eigenvalue weighted by Gasteiger charge is 2.18. The summed E-state index contributed by atoms with van der Waals surface area (Å²) >= 11 is 0. The molecule has 1 aromatic carbocycles. The Balaban J connectivity index is 2.26. The van der Waals surface area contributed by atoms with Gasteiger partial charge in [-0.15, -0.1) is 0 Å². The van der Waals surface area contributed by atoms with Crippen molar-refractivity contribution in [2.75, 3.05) is 5.32 Å². The number of amides is 1. The topological polar surface area (TPSA) is 59.8 Å². The monoisotopic (exact) mass is 354 g/mol. The molecular weight excluding hydrogens is 331 g/mol. The fourth-order valence-electron chi connectivity index (χ4n) is 3.47. The molecule has 2 aromatic heterocycles. The van der Waals surface area contributed by atoms with Crippen LogP contribution in [0, 0.1) is 5.82 Å². The fourth-order valence-corrected chi connectivity index (χ4v) is 3.47. The minimum Gasteiger partial charge on any atom is -0.313 e. The van der Waals surface area contributed by atoms with E-state index >= 15 is 0 Å². The molecule has 0 unspecified atom stereocenters. The van der Waals surface area contributed by atoms with E-state index in [1.165, 1.54) is 6.07 Å². The van der Waals surface area contributed by atoms with Crippen molar-refractivity contribution in [2.24, 2.45) is 7.05 Å². The Morgan fingerprint density at radius 2 is 2.08 bits per heavy atom. The molecule has 26 heavy (non-hydrogen) atoms. The first kappa shape index (κ1) is 18.0. The zero-order valence-corrected chi connectivity index (χ0v) is 15.5. The van der Waals surface area contributed by atoms with Crippen LogP contribution in [-0.4, -0.2) is 21.2 Å². The maximum Gasteiger partial charge on any atom is 0.212 e. The van der Waals surface area contributed by atoms with E-state index in [2.05, 4.69) is 36.2 Å². The van der Waals surface area contributed by atoms with Gasteiger partial charge in [0.15, 0.2) is 5.82 Å². The van der Waals surface area contributed by atoms with Crippen LogP contribution in [0.25, 0.3) is 22.0 Å². The zero-order valence-electron chi connectivity index (χ0n) is 15.5. The minimum absolute atomic E-state index is 0.222. The third-order valence-corrected chi connectivity index (χ3v) is 4.51. The molecule has 1 amide bonds. The number of halogens is 1. The summed E-state index contributed by atoms with van der Waals surface area (Å²) in [6, 6.07) is 5.30. The van der Waals surface area contributed by atoms with Crippen molar-refractivity contribution in [3.05, 3.63) is 41.5 Å². The standard InChI is InChI=1S/C20H23FN4O/c1-5-6-13-10-22-18(23-11-26)9-15(13)14-7-16-19(17(21)8-14)24-25(4)20(16)12(2)3/h7-12H,5-6H2,1-4H3,(H,22,23,26). The van der Waals surface area contributed by atoms with Gasteiger partial charge < -0.3 is 5.32 Å². The second-order valence-electron chi connectivity index (χ2n) is 6.76. The summed E-state index contributed by atoms with van der Waals surface area (Å²) in [5.41, 5.74) is 4.06. The first-order chi connectivity index (χ1) is 12.5. The van der Waals surface area contributed by atoms with E-state index < -0.39 is 0 Å². The minimum atomic E-state index is -0.343. The van der Waals surface area contributed by atoms with Gasteiger partial charge in [-0.25, -0.2) is 9.37 Å². The molecule has 0 spiro atoms. The normalized spacial score (nSPS) is 11.3. The molecule has 0 aliphatic carbocycles. The molecule has 2 heterocycles. The number of hydrogen-bond acceptors (Lipinski definition) is 3. The van der Waals surface area contributed by atoms with Crippen LogP contribution in [0.2, 0.25) is 0 Å². The SMILES string of the molecule is CCCc1cnc(NC=O)cc1-c1cc(F)c2nn(C)c(C(C)C)c2c1. The average Bonchev–Trinajstić information content (AvgIpc) is 2.93. The Kier molecular flexibility index (Phi) is 5.02. The van der Waals surface area contributed by atoms with Crippen LogP contribution in [0.15, 0.2) is 24.4 Å². The summed E-state index contributed by atoms with van der Waals surface area (Å²) in [6.45, 7) is 6.23. The van der Waals surface area contributed by atoms with Crippen LogP contribution < -0.4 is 5.32 Å². The smallest absolute Gasteiger partial charge is 0.212 e. The van der Waals surface area contributed by atoms with Crippen LogP contribution >= 0.6 is 0 Å². The number of carbonyl (C=O) groups excluding carboxylic acids is 1. The molecule has 0 saturated heterocycles. The number of pyridine rings is 1. The van der Waals surface area contributed by atoms with Crippen LogP contribution in [-0.2, 0) is 18.3 Å². The van der Waals surface area contributed by atoms with E-state index in [4.69, 9.17) is 0 Å². The van der Waals surface area contributed by atoms with Crippen LogP contribution in [0.4, 0.5) is 10.2 Å². The Labute approximate surface area is 152 Å². The number of nitrogens with one attached hydrogen (secondary N) is 1. The largest absolute Gasteiger partial charge is 0.313 e. The quantitative estimate of drug-likeness (QED) is 0.667. The molecule has 1 N–H and O–H groups in total. The number of benzene rings is 1. The Morgan fingerprint density at radius 3 is 2.73 bits per heavy atom. The van der Waals surface area contributed by atoms with Crippen LogP contribution in [0.5, 0.6) is 0 Å². The van der Waals surface area contributed by atoms with Gasteiger partial charge in [-0.1, -0.05) is 27.2 Å². The van der Waals surface area contributed by atoms with Gasteiger partial charge in [0.05, 0.1) is 0 Å². The molecule has 3 rings (SSSR count). The summed E-state index contributed by atoms with van der Waals surface area (Å²) in [5, 5.41) is 7.74. The summed E-state index contributed by atoms with van der Waals surface area (Å²) in [6.07, 6.45) is 4.12. The van der Waals surface area contributed by atoms with E-state index in [9.17, 15) is 9.18 Å². The molecule has 6 heteroatoms. The van der Waals surface area contributed by atoms with Gasteiger partial charge in [0, 0.05) is 24.3 Å². The fraction of sp³-hybridized carbons (Fsp3) is 0.350. The van der Waals surface area contributed by atoms with Gasteiger partial charge >= 0.3 is 0 Å². The second-order valence-corrected chi connectivity index (χ2v) is 6.76. The van der Waals surface area contributed by atoms with Gasteiger partial charge in [-0.3, -0.25) is 9.48 Å². The van der Waals surface area contributed by atoms with Gasteiger partial charge in [0.1, 0.15) is 11.3 Å². The molecule has 0 saturated carbocycles. The number of aryl methyl sites for hydroxylation is 2. The van der Waals surface area contributed by atoms with Crippen molar-refractivity contribution in [3.63, 3.8) is 0 Å². The van der Waals surface area contributed by atoms with Crippen molar-refractivity contribution in [1.29, 1.82) is 0 Å². The number of anilines is 1. The van der Waals surface area contributed by atoms with Gasteiger partial charge in [0.2, 0.25) is 6.41 Å². The van der Waals surface area contributed by atoms with E-state index in [0.717, 1.165) is 40.6 Å². The molecule has 0 radical (unpaired) electrons. The molecular formula is C20H23FN4O. The van der Waals surface area contributed by atoms with Crippen molar-refractivity contribution in [2.45, 2.75) is 39.5 Å². The van der Waals surface area contributed by atoms with Crippen molar-refractivity contribution >= 4 is 23.1 Å². The average molecular weight is 354 g/mol. The number of aromatic nitrogens is 3. The summed E-state index contributed by atoms with van der Waals surface area (Å²) in [5.74, 6) is 0.328. The van der Waals surface area contributed by atoms with Gasteiger partial charge in [0.25, 0.3) is 0 Å². The van der Waals surface area contributed by atoms with Crippen molar-refractivity contribution in [1.82, 2.24) is 14.8 Å².